The molecule has 0 saturated carbocycles. The van der Waals surface area contributed by atoms with Gasteiger partial charge in [-0.1, -0.05) is 17.7 Å². The zero-order valence-electron chi connectivity index (χ0n) is 10.6. The first kappa shape index (κ1) is 15.6. The molecule has 0 bridgehead atoms. The second-order valence-electron chi connectivity index (χ2n) is 4.08. The van der Waals surface area contributed by atoms with Crippen LogP contribution in [0.2, 0.25) is 0 Å². The Balaban J connectivity index is 2.98. The van der Waals surface area contributed by atoms with Gasteiger partial charge in [0.25, 0.3) is 0 Å². The molecule has 0 heterocycles. The molecule has 0 spiro atoms. The maximum atomic E-state index is 12.3. The molecule has 0 atom stereocenters. The van der Waals surface area contributed by atoms with Gasteiger partial charge < -0.3 is 10.2 Å². The Morgan fingerprint density at radius 2 is 1.79 bits per heavy atom. The second-order valence-corrected chi connectivity index (χ2v) is 6.02. The predicted molar refractivity (Wildman–Crippen MR) is 69.3 cm³/mol. The van der Waals surface area contributed by atoms with E-state index >= 15 is 0 Å². The quantitative estimate of drug-likeness (QED) is 0.759. The van der Waals surface area contributed by atoms with E-state index in [0.717, 1.165) is 9.87 Å². The molecule has 0 radical (unpaired) electrons. The summed E-state index contributed by atoms with van der Waals surface area (Å²) < 4.78 is 25.5. The smallest absolute Gasteiger partial charge is 0.304 e. The molecule has 0 aliphatic rings. The minimum Gasteiger partial charge on any atom is -0.481 e. The van der Waals surface area contributed by atoms with Gasteiger partial charge in [0.2, 0.25) is 10.0 Å². The normalized spacial score (nSPS) is 11.7. The van der Waals surface area contributed by atoms with Crippen molar-refractivity contribution >= 4 is 16.0 Å². The van der Waals surface area contributed by atoms with Gasteiger partial charge in [-0.3, -0.25) is 4.79 Å². The van der Waals surface area contributed by atoms with Crippen LogP contribution in [0, 0.1) is 6.92 Å². The third kappa shape index (κ3) is 4.30. The van der Waals surface area contributed by atoms with E-state index in [2.05, 4.69) is 0 Å². The van der Waals surface area contributed by atoms with Gasteiger partial charge in [-0.05, 0) is 19.1 Å². The number of rotatable bonds is 7. The summed E-state index contributed by atoms with van der Waals surface area (Å²) in [4.78, 5) is 10.6. The van der Waals surface area contributed by atoms with Crippen molar-refractivity contribution < 1.29 is 23.4 Å². The van der Waals surface area contributed by atoms with Crippen molar-refractivity contribution in [3.05, 3.63) is 29.8 Å². The number of hydrogen-bond acceptors (Lipinski definition) is 4. The summed E-state index contributed by atoms with van der Waals surface area (Å²) in [6.07, 6.45) is -0.301. The second kappa shape index (κ2) is 6.65. The molecule has 0 saturated heterocycles. The van der Waals surface area contributed by atoms with Crippen LogP contribution in [-0.4, -0.2) is 48.6 Å². The van der Waals surface area contributed by atoms with E-state index in [1.54, 1.807) is 12.1 Å². The fourth-order valence-corrected chi connectivity index (χ4v) is 2.98. The molecule has 0 aromatic heterocycles. The molecule has 1 aromatic rings. The number of hydrogen-bond donors (Lipinski definition) is 2. The lowest BCUT2D eigenvalue weighted by Crippen LogP contribution is -2.35. The van der Waals surface area contributed by atoms with E-state index in [9.17, 15) is 13.2 Å². The van der Waals surface area contributed by atoms with Gasteiger partial charge in [0, 0.05) is 13.1 Å². The monoisotopic (exact) mass is 287 g/mol. The lowest BCUT2D eigenvalue weighted by atomic mass is 10.2. The number of aliphatic carboxylic acids is 1. The van der Waals surface area contributed by atoms with Crippen LogP contribution in [0.25, 0.3) is 0 Å². The molecule has 19 heavy (non-hydrogen) atoms. The summed E-state index contributed by atoms with van der Waals surface area (Å²) in [7, 11) is -3.77. The third-order valence-electron chi connectivity index (χ3n) is 2.58. The van der Waals surface area contributed by atoms with Crippen LogP contribution >= 0.6 is 0 Å². The van der Waals surface area contributed by atoms with Gasteiger partial charge in [-0.2, -0.15) is 4.31 Å². The largest absolute Gasteiger partial charge is 0.481 e. The first-order valence-corrected chi connectivity index (χ1v) is 7.21. The Hall–Kier alpha value is -1.44. The zero-order valence-corrected chi connectivity index (χ0v) is 11.4. The van der Waals surface area contributed by atoms with E-state index in [0.29, 0.717) is 0 Å². The van der Waals surface area contributed by atoms with Gasteiger partial charge in [0.05, 0.1) is 17.9 Å². The van der Waals surface area contributed by atoms with E-state index in [1.165, 1.54) is 12.1 Å². The number of aliphatic hydroxyl groups is 1. The number of sulfonamides is 1. The average molecular weight is 287 g/mol. The molecule has 106 valence electrons. The highest BCUT2D eigenvalue weighted by Gasteiger charge is 2.24. The molecule has 0 aliphatic heterocycles. The summed E-state index contributed by atoms with van der Waals surface area (Å²) in [5.74, 6) is -1.08. The molecule has 0 aliphatic carbocycles. The Labute approximate surface area is 112 Å². The van der Waals surface area contributed by atoms with E-state index < -0.39 is 16.0 Å². The molecule has 0 amide bonds. The standard InChI is InChI=1S/C12H17NO5S/c1-10-2-4-11(5-3-10)19(17,18)13(8-9-14)7-6-12(15)16/h2-5,14H,6-9H2,1H3,(H,15,16). The lowest BCUT2D eigenvalue weighted by molar-refractivity contribution is -0.137. The summed E-state index contributed by atoms with van der Waals surface area (Å²) in [5.41, 5.74) is 0.929. The highest BCUT2D eigenvalue weighted by molar-refractivity contribution is 7.89. The fraction of sp³-hybridized carbons (Fsp3) is 0.417. The number of benzene rings is 1. The van der Waals surface area contributed by atoms with Gasteiger partial charge in [-0.25, -0.2) is 8.42 Å². The van der Waals surface area contributed by atoms with Gasteiger partial charge in [-0.15, -0.1) is 0 Å². The molecule has 7 heteroatoms. The van der Waals surface area contributed by atoms with Crippen LogP contribution in [0.4, 0.5) is 0 Å². The van der Waals surface area contributed by atoms with Crippen molar-refractivity contribution in [3.63, 3.8) is 0 Å². The number of carboxylic acids is 1. The summed E-state index contributed by atoms with van der Waals surface area (Å²) in [5, 5.41) is 17.5. The van der Waals surface area contributed by atoms with Crippen molar-refractivity contribution in [2.45, 2.75) is 18.2 Å². The molecule has 6 nitrogen and oxygen atoms in total. The van der Waals surface area contributed by atoms with Gasteiger partial charge >= 0.3 is 5.97 Å². The number of aliphatic hydroxyl groups excluding tert-OH is 1. The van der Waals surface area contributed by atoms with Crippen molar-refractivity contribution in [2.24, 2.45) is 0 Å². The highest BCUT2D eigenvalue weighted by Crippen LogP contribution is 2.16. The topological polar surface area (TPSA) is 94.9 Å². The van der Waals surface area contributed by atoms with Crippen LogP contribution in [-0.2, 0) is 14.8 Å². The summed E-state index contributed by atoms with van der Waals surface area (Å²) in [6.45, 7) is 1.20. The maximum absolute atomic E-state index is 12.3. The van der Waals surface area contributed by atoms with Crippen LogP contribution in [0.5, 0.6) is 0 Å². The molecule has 0 fully saturated rings. The van der Waals surface area contributed by atoms with Crippen molar-refractivity contribution in [1.82, 2.24) is 4.31 Å². The Morgan fingerprint density at radius 3 is 2.26 bits per heavy atom. The van der Waals surface area contributed by atoms with Crippen molar-refractivity contribution in [3.8, 4) is 0 Å². The minimum atomic E-state index is -3.77. The number of nitrogens with zero attached hydrogens (tertiary/aromatic N) is 1. The third-order valence-corrected chi connectivity index (χ3v) is 4.50. The first-order valence-electron chi connectivity index (χ1n) is 5.77. The number of carboxylic acid groups (broad SMARTS) is 1. The van der Waals surface area contributed by atoms with Crippen molar-refractivity contribution in [2.75, 3.05) is 19.7 Å². The average Bonchev–Trinajstić information content (AvgIpc) is 2.34. The minimum absolute atomic E-state index is 0.0944. The number of aryl methyl sites for hydroxylation is 1. The highest BCUT2D eigenvalue weighted by atomic mass is 32.2. The SMILES string of the molecule is Cc1ccc(S(=O)(=O)N(CCO)CCC(=O)O)cc1. The lowest BCUT2D eigenvalue weighted by Gasteiger charge is -2.20. The van der Waals surface area contributed by atoms with Crippen LogP contribution in [0.3, 0.4) is 0 Å². The van der Waals surface area contributed by atoms with Crippen LogP contribution in [0.1, 0.15) is 12.0 Å². The van der Waals surface area contributed by atoms with Crippen LogP contribution in [0.15, 0.2) is 29.2 Å². The maximum Gasteiger partial charge on any atom is 0.304 e. The van der Waals surface area contributed by atoms with Gasteiger partial charge in [0.15, 0.2) is 0 Å². The molecule has 1 aromatic carbocycles. The molecule has 1 rings (SSSR count). The summed E-state index contributed by atoms with van der Waals surface area (Å²) in [6, 6.07) is 6.27. The molecule has 0 unspecified atom stereocenters. The molecular weight excluding hydrogens is 270 g/mol. The van der Waals surface area contributed by atoms with Gasteiger partial charge in [0.1, 0.15) is 0 Å². The molecular formula is C12H17NO5S. The zero-order chi connectivity index (χ0) is 14.5. The van der Waals surface area contributed by atoms with E-state index in [-0.39, 0.29) is 31.0 Å². The molecule has 2 N–H and O–H groups in total. The Bertz CT molecular complexity index is 524. The fourth-order valence-electron chi connectivity index (χ4n) is 1.54. The Kier molecular flexibility index (Phi) is 5.46. The Morgan fingerprint density at radius 1 is 1.21 bits per heavy atom. The number of carbonyl (C=O) groups is 1. The van der Waals surface area contributed by atoms with Crippen LogP contribution < -0.4 is 0 Å². The summed E-state index contributed by atoms with van der Waals surface area (Å²) >= 11 is 0. The first-order chi connectivity index (χ1) is 8.87. The predicted octanol–water partition coefficient (Wildman–Crippen LogP) is 0.453. The van der Waals surface area contributed by atoms with E-state index in [1.807, 2.05) is 6.92 Å². The van der Waals surface area contributed by atoms with E-state index in [4.69, 9.17) is 10.2 Å². The van der Waals surface area contributed by atoms with Crippen molar-refractivity contribution in [1.29, 1.82) is 0 Å².